The van der Waals surface area contributed by atoms with Gasteiger partial charge in [0, 0.05) is 42.1 Å². The van der Waals surface area contributed by atoms with E-state index in [1.54, 1.807) is 7.11 Å². The maximum absolute atomic E-state index is 9.69. The van der Waals surface area contributed by atoms with E-state index < -0.39 is 0 Å². The maximum atomic E-state index is 9.69. The predicted octanol–water partition coefficient (Wildman–Crippen LogP) is 1.55. The molecule has 2 unspecified atom stereocenters. The molecule has 3 N–H and O–H groups in total. The first-order chi connectivity index (χ1) is 8.70. The van der Waals surface area contributed by atoms with E-state index in [1.165, 1.54) is 0 Å². The summed E-state index contributed by atoms with van der Waals surface area (Å²) in [5.41, 5.74) is 1.13. The number of hydrogen-bond donors (Lipinski definition) is 3. The van der Waals surface area contributed by atoms with Gasteiger partial charge in [-0.15, -0.1) is 12.4 Å². The molecule has 108 valence electrons. The Kier molecular flexibility index (Phi) is 7.10. The molecular weight excluding hydrogens is 332 g/mol. The third kappa shape index (κ3) is 4.61. The average Bonchev–Trinajstić information content (AvgIpc) is 2.77. The van der Waals surface area contributed by atoms with Gasteiger partial charge in [-0.05, 0) is 12.1 Å². The van der Waals surface area contributed by atoms with Crippen molar-refractivity contribution in [2.75, 3.05) is 26.7 Å². The van der Waals surface area contributed by atoms with Crippen LogP contribution in [-0.2, 0) is 6.54 Å². The molecule has 1 aliphatic rings. The van der Waals surface area contributed by atoms with E-state index in [9.17, 15) is 5.11 Å². The molecule has 0 aromatic heterocycles. The Morgan fingerprint density at radius 2 is 2.26 bits per heavy atom. The minimum Gasteiger partial charge on any atom is -0.496 e. The van der Waals surface area contributed by atoms with Gasteiger partial charge in [0.2, 0.25) is 0 Å². The number of benzene rings is 1. The first-order valence-electron chi connectivity index (χ1n) is 6.12. The van der Waals surface area contributed by atoms with E-state index in [2.05, 4.69) is 26.6 Å². The second kappa shape index (κ2) is 8.07. The van der Waals surface area contributed by atoms with Crippen LogP contribution in [0.15, 0.2) is 22.7 Å². The number of methoxy groups -OCH3 is 1. The van der Waals surface area contributed by atoms with E-state index in [1.807, 2.05) is 18.2 Å². The van der Waals surface area contributed by atoms with Crippen molar-refractivity contribution in [2.24, 2.45) is 5.92 Å². The molecule has 1 saturated heterocycles. The van der Waals surface area contributed by atoms with Crippen molar-refractivity contribution < 1.29 is 9.84 Å². The van der Waals surface area contributed by atoms with Gasteiger partial charge in [-0.1, -0.05) is 22.0 Å². The van der Waals surface area contributed by atoms with Crippen molar-refractivity contribution in [3.05, 3.63) is 28.2 Å². The highest BCUT2D eigenvalue weighted by atomic mass is 79.9. The fraction of sp³-hybridized carbons (Fsp3) is 0.538. The second-order valence-electron chi connectivity index (χ2n) is 4.57. The summed E-state index contributed by atoms with van der Waals surface area (Å²) in [7, 11) is 1.68. The molecule has 1 aromatic rings. The van der Waals surface area contributed by atoms with Crippen LogP contribution in [-0.4, -0.2) is 38.0 Å². The summed E-state index contributed by atoms with van der Waals surface area (Å²) in [6, 6.07) is 6.01. The molecule has 1 fully saturated rings. The molecule has 0 radical (unpaired) electrons. The van der Waals surface area contributed by atoms with Crippen LogP contribution in [0, 0.1) is 5.92 Å². The minimum absolute atomic E-state index is 0. The zero-order valence-electron chi connectivity index (χ0n) is 10.9. The smallest absolute Gasteiger partial charge is 0.124 e. The molecule has 0 amide bonds. The van der Waals surface area contributed by atoms with Gasteiger partial charge < -0.3 is 20.5 Å². The Morgan fingerprint density at radius 3 is 2.89 bits per heavy atom. The van der Waals surface area contributed by atoms with E-state index >= 15 is 0 Å². The van der Waals surface area contributed by atoms with Gasteiger partial charge in [0.25, 0.3) is 0 Å². The molecule has 4 nitrogen and oxygen atoms in total. The van der Waals surface area contributed by atoms with Gasteiger partial charge in [0.1, 0.15) is 5.75 Å². The van der Waals surface area contributed by atoms with Gasteiger partial charge in [0.15, 0.2) is 0 Å². The normalized spacial score (nSPS) is 22.1. The first kappa shape index (κ1) is 16.7. The third-order valence-corrected chi connectivity index (χ3v) is 3.77. The zero-order chi connectivity index (χ0) is 13.0. The van der Waals surface area contributed by atoms with Crippen LogP contribution in [0.5, 0.6) is 5.75 Å². The van der Waals surface area contributed by atoms with Crippen molar-refractivity contribution in [3.63, 3.8) is 0 Å². The van der Waals surface area contributed by atoms with Crippen molar-refractivity contribution in [1.82, 2.24) is 10.6 Å². The maximum Gasteiger partial charge on any atom is 0.124 e. The van der Waals surface area contributed by atoms with Gasteiger partial charge in [0.05, 0.1) is 13.2 Å². The molecular formula is C13H20BrClN2O2. The molecule has 0 bridgehead atoms. The van der Waals surface area contributed by atoms with Crippen LogP contribution in [0.2, 0.25) is 0 Å². The van der Waals surface area contributed by atoms with E-state index in [-0.39, 0.29) is 18.5 Å². The number of aliphatic hydroxyl groups excluding tert-OH is 1. The van der Waals surface area contributed by atoms with Crippen LogP contribution in [0.25, 0.3) is 0 Å². The number of β-amino-alcohol motifs (C(OH)–C–C–N with tert-alkyl or cyclic N) is 1. The number of halogens is 2. The van der Waals surface area contributed by atoms with Crippen LogP contribution >= 0.6 is 28.3 Å². The summed E-state index contributed by atoms with van der Waals surface area (Å²) in [6.45, 7) is 3.15. The topological polar surface area (TPSA) is 53.5 Å². The second-order valence-corrected chi connectivity index (χ2v) is 5.49. The zero-order valence-corrected chi connectivity index (χ0v) is 13.3. The summed E-state index contributed by atoms with van der Waals surface area (Å²) >= 11 is 3.43. The molecule has 6 heteroatoms. The molecule has 2 atom stereocenters. The number of ether oxygens (including phenoxy) is 1. The first-order valence-corrected chi connectivity index (χ1v) is 6.92. The van der Waals surface area contributed by atoms with E-state index in [0.29, 0.717) is 12.5 Å². The van der Waals surface area contributed by atoms with Gasteiger partial charge in [-0.2, -0.15) is 0 Å². The lowest BCUT2D eigenvalue weighted by atomic mass is 10.1. The van der Waals surface area contributed by atoms with Gasteiger partial charge in [-0.3, -0.25) is 0 Å². The lowest BCUT2D eigenvalue weighted by molar-refractivity contribution is 0.146. The molecule has 0 saturated carbocycles. The fourth-order valence-corrected chi connectivity index (χ4v) is 2.52. The van der Waals surface area contributed by atoms with Crippen LogP contribution in [0.3, 0.4) is 0 Å². The quantitative estimate of drug-likeness (QED) is 0.753. The SMILES string of the molecule is COc1cc(Br)ccc1CNCC1CNCC1O.Cl. The summed E-state index contributed by atoms with van der Waals surface area (Å²) in [5.74, 6) is 1.17. The highest BCUT2D eigenvalue weighted by Gasteiger charge is 2.24. The van der Waals surface area contributed by atoms with Crippen molar-refractivity contribution >= 4 is 28.3 Å². The Morgan fingerprint density at radius 1 is 1.47 bits per heavy atom. The lowest BCUT2D eigenvalue weighted by Gasteiger charge is -2.15. The summed E-state index contributed by atoms with van der Waals surface area (Å²) in [5, 5.41) is 16.2. The van der Waals surface area contributed by atoms with Crippen LogP contribution in [0.4, 0.5) is 0 Å². The summed E-state index contributed by atoms with van der Waals surface area (Å²) < 4.78 is 6.35. The Labute approximate surface area is 128 Å². The Hall–Kier alpha value is -0.330. The summed E-state index contributed by atoms with van der Waals surface area (Å²) in [6.07, 6.45) is -0.232. The monoisotopic (exact) mass is 350 g/mol. The number of nitrogens with one attached hydrogen (secondary N) is 2. The third-order valence-electron chi connectivity index (χ3n) is 3.28. The Bertz CT molecular complexity index is 406. The molecule has 1 aliphatic heterocycles. The number of aliphatic hydroxyl groups is 1. The summed E-state index contributed by atoms with van der Waals surface area (Å²) in [4.78, 5) is 0. The molecule has 19 heavy (non-hydrogen) atoms. The Balaban J connectivity index is 0.00000180. The number of hydrogen-bond acceptors (Lipinski definition) is 4. The van der Waals surface area contributed by atoms with Crippen molar-refractivity contribution in [1.29, 1.82) is 0 Å². The fourth-order valence-electron chi connectivity index (χ4n) is 2.18. The van der Waals surface area contributed by atoms with E-state index in [0.717, 1.165) is 35.4 Å². The van der Waals surface area contributed by atoms with E-state index in [4.69, 9.17) is 4.74 Å². The molecule has 2 rings (SSSR count). The molecule has 1 aromatic carbocycles. The highest BCUT2D eigenvalue weighted by molar-refractivity contribution is 9.10. The largest absolute Gasteiger partial charge is 0.496 e. The molecule has 0 aliphatic carbocycles. The van der Waals surface area contributed by atoms with Crippen molar-refractivity contribution in [3.8, 4) is 5.75 Å². The number of rotatable bonds is 5. The predicted molar refractivity (Wildman–Crippen MR) is 82.0 cm³/mol. The minimum atomic E-state index is -0.232. The van der Waals surface area contributed by atoms with Gasteiger partial charge in [-0.25, -0.2) is 0 Å². The average molecular weight is 352 g/mol. The van der Waals surface area contributed by atoms with Crippen LogP contribution < -0.4 is 15.4 Å². The molecule has 0 spiro atoms. The lowest BCUT2D eigenvalue weighted by Crippen LogP contribution is -2.30. The van der Waals surface area contributed by atoms with Crippen molar-refractivity contribution in [2.45, 2.75) is 12.6 Å². The standard InChI is InChI=1S/C13H19BrN2O2.ClH/c1-18-13-4-11(14)3-2-9(13)5-15-6-10-7-16-8-12(10)17;/h2-4,10,12,15-17H,5-8H2,1H3;1H. The van der Waals surface area contributed by atoms with Crippen LogP contribution in [0.1, 0.15) is 5.56 Å². The molecule has 1 heterocycles. The van der Waals surface area contributed by atoms with Gasteiger partial charge >= 0.3 is 0 Å². The highest BCUT2D eigenvalue weighted by Crippen LogP contribution is 2.23.